The molecule has 8 aliphatic rings. The second-order valence-electron chi connectivity index (χ2n) is 35.1. The molecule has 6 aromatic rings. The van der Waals surface area contributed by atoms with Crippen LogP contribution in [0.25, 0.3) is 11.1 Å². The van der Waals surface area contributed by atoms with E-state index in [4.69, 9.17) is 57.4 Å². The number of aromatic hydroxyl groups is 3. The number of fused-ring (bicyclic) bond motifs is 15. The number of carbonyl (C=O) groups is 10. The first-order valence-corrected chi connectivity index (χ1v) is 45.1. The SMILES string of the molecule is CCCCCCc1ccc(NC(=O)NCCCCCCNCc2c(O)cc3c(c2O)-c2cc(ccc2O)[C@H]2CC(=O)[C@@H]4NC(=O)[C@H](CC(N)=O)CC(=O)[C@H](NC(=O)[C@H](CC)CC(C)C)[C@H](O)c5ccc(c(Cl)c5)Oc5cc4cc(c5O[C@@H]4O[C@H](CO)[C@@H](O)[C@H](O)[C@H]4O[C@H]4C[C@](C)(NC(=O)NC5CC5)[C@H](O)[C@H](C)O4)Oc4ccc(cc4Cl)[C@@H](O)[C@H](NC2=O)C(=O)N[C@@H]3C(=O)O)cc1. The number of aliphatic hydroxyl groups excluding tert-OH is 6. The molecule has 7 aliphatic heterocycles. The van der Waals surface area contributed by atoms with Gasteiger partial charge in [0.25, 0.3) is 0 Å². The summed E-state index contributed by atoms with van der Waals surface area (Å²) in [6.07, 6.45) is -11.4. The molecule has 0 radical (unpaired) electrons. The summed E-state index contributed by atoms with van der Waals surface area (Å²) in [5, 5.41) is 143. The number of phenolic OH excluding ortho intramolecular Hbond substituents is 3. The van der Waals surface area contributed by atoms with Crippen LogP contribution in [0.3, 0.4) is 0 Å². The zero-order chi connectivity index (χ0) is 94.6. The number of carbonyl (C=O) groups excluding carboxylic acids is 9. The van der Waals surface area contributed by atoms with E-state index in [0.717, 1.165) is 87.1 Å². The van der Waals surface area contributed by atoms with Crippen LogP contribution < -0.4 is 67.8 Å². The summed E-state index contributed by atoms with van der Waals surface area (Å²) in [5.74, 6) is -19.4. The van der Waals surface area contributed by atoms with Crippen molar-refractivity contribution < 1.29 is 127 Å². The number of rotatable bonds is 30. The van der Waals surface area contributed by atoms with Crippen LogP contribution >= 0.6 is 23.2 Å². The summed E-state index contributed by atoms with van der Waals surface area (Å²) in [6, 6.07) is 11.4. The Kier molecular flexibility index (Phi) is 33.3. The number of carboxylic acid groups (broad SMARTS) is 1. The molecule has 1 aliphatic carbocycles. The number of aryl methyl sites for hydroxylation is 1. The molecule has 6 aromatic carbocycles. The van der Waals surface area contributed by atoms with Gasteiger partial charge >= 0.3 is 18.0 Å². The van der Waals surface area contributed by atoms with Gasteiger partial charge in [0, 0.05) is 73.1 Å². The van der Waals surface area contributed by atoms with Crippen LogP contribution in [0.4, 0.5) is 15.3 Å². The van der Waals surface area contributed by atoms with E-state index in [2.05, 4.69) is 54.8 Å². The minimum Gasteiger partial charge on any atom is -0.507 e. The normalized spacial score (nSPS) is 25.9. The zero-order valence-electron chi connectivity index (χ0n) is 73.4. The number of primary amides is 1. The lowest BCUT2D eigenvalue weighted by molar-refractivity contribution is -0.334. The van der Waals surface area contributed by atoms with Gasteiger partial charge in [0.05, 0.1) is 45.7 Å². The van der Waals surface area contributed by atoms with Crippen molar-refractivity contribution in [3.05, 3.63) is 146 Å². The van der Waals surface area contributed by atoms with Crippen molar-refractivity contribution >= 4 is 88.0 Å². The molecular weight excluding hydrogens is 1740 g/mol. The number of halogens is 2. The van der Waals surface area contributed by atoms with Crippen molar-refractivity contribution in [2.75, 3.05) is 25.0 Å². The minimum absolute atomic E-state index is 0.0395. The molecule has 14 rings (SSSR count). The van der Waals surface area contributed by atoms with Gasteiger partial charge in [-0.15, -0.1) is 0 Å². The average molecular weight is 1860 g/mol. The van der Waals surface area contributed by atoms with Crippen molar-refractivity contribution in [3.63, 3.8) is 0 Å². The Morgan fingerprint density at radius 2 is 1.34 bits per heavy atom. The second-order valence-corrected chi connectivity index (χ2v) is 35.9. The van der Waals surface area contributed by atoms with Gasteiger partial charge in [-0.05, 0) is 172 Å². The quantitative estimate of drug-likeness (QED) is 0.0188. The average Bonchev–Trinajstić information content (AvgIpc) is 1.28. The number of amides is 9. The predicted octanol–water partition coefficient (Wildman–Crippen LogP) is 8.62. The smallest absolute Gasteiger partial charge is 0.330 e. The highest BCUT2D eigenvalue weighted by Crippen LogP contribution is 2.52. The van der Waals surface area contributed by atoms with Crippen molar-refractivity contribution in [1.29, 1.82) is 0 Å². The third kappa shape index (κ3) is 24.3. The molecule has 11 bridgehead atoms. The molecular formula is C93H116Cl2N10O26. The molecule has 708 valence electrons. The molecule has 0 unspecified atom stereocenters. The summed E-state index contributed by atoms with van der Waals surface area (Å²) >= 11 is 14.4. The fraction of sp³-hybridized carbons (Fsp3) is 0.505. The number of ketones is 2. The lowest BCUT2D eigenvalue weighted by Gasteiger charge is -2.48. The van der Waals surface area contributed by atoms with Gasteiger partial charge < -0.3 is 133 Å². The van der Waals surface area contributed by atoms with Crippen LogP contribution in [0.15, 0.2) is 97.1 Å². The lowest BCUT2D eigenvalue weighted by Crippen LogP contribution is -2.67. The number of urea groups is 2. The maximum atomic E-state index is 16.6. The number of ether oxygens (including phenoxy) is 6. The standard InChI is InChI=1S/C93H116Cl2N10O26/c1-7-9-10-13-16-46-17-22-53(23-18-46)99-91(124)98-30-15-12-11-14-29-97-42-58-62(108)40-57-72(79(58)114)56-32-48(19-26-61(56)107)55-39-64(110)73-51-36-67(127-65-27-20-49(33-59(65)94)77(112)75(103-85(118)47(8-2)31-44(3)4)63(109)35-52(38-70(96)111)86(119)101-73)82(68(37-51)128-66-28-21-50(34-60(66)95)78(113)76(104-87(55)120)88(121)102-74(57)89(122)123)131-90-83(81(116)80(115)69(43-106)129-90)130-71-41-93(6,84(117)45(5)126-71)105-92(125)100-54-24-25-54/h17-23,26-28,32-34,36-37,40,44-45,47,52,54-55,69,71,73-78,80-81,83-84,90,97,106-108,112-117H,7-16,24-25,29-31,35,38-39,41-43H2,1-6H3,(H2,96,111)(H,101,119)(H,102,121)(H,103,118)(H,104,120)(H,122,123)(H2,98,99,124)(H2,100,105,125)/t45-,47+,52-,55+,69+,71-,73+,74-,75-,76-,77+,78+,80+,81-,83+,84+,90-,93-/m0/s1. The third-order valence-electron chi connectivity index (χ3n) is 24.6. The molecule has 0 aromatic heterocycles. The second kappa shape index (κ2) is 44.0. The van der Waals surface area contributed by atoms with Crippen molar-refractivity contribution in [1.82, 2.24) is 42.5 Å². The fourth-order valence-corrected chi connectivity index (χ4v) is 17.6. The molecule has 38 heteroatoms. The van der Waals surface area contributed by atoms with Crippen LogP contribution in [-0.2, 0) is 65.5 Å². The summed E-state index contributed by atoms with van der Waals surface area (Å²) < 4.78 is 39.3. The van der Waals surface area contributed by atoms with Crippen molar-refractivity contribution in [3.8, 4) is 57.1 Å². The third-order valence-corrected chi connectivity index (χ3v) is 25.2. The number of nitrogens with two attached hydrogens (primary N) is 1. The van der Waals surface area contributed by atoms with E-state index in [1.54, 1.807) is 6.92 Å². The Bertz CT molecular complexity index is 5180. The van der Waals surface area contributed by atoms with E-state index in [-0.39, 0.29) is 76.9 Å². The van der Waals surface area contributed by atoms with Crippen LogP contribution in [-0.4, -0.2) is 203 Å². The Morgan fingerprint density at radius 1 is 0.679 bits per heavy atom. The Hall–Kier alpha value is -11.0. The first-order valence-electron chi connectivity index (χ1n) is 44.3. The molecule has 36 nitrogen and oxygen atoms in total. The summed E-state index contributed by atoms with van der Waals surface area (Å²) in [4.78, 5) is 147. The largest absolute Gasteiger partial charge is 0.507 e. The van der Waals surface area contributed by atoms with E-state index >= 15 is 24.0 Å². The molecule has 2 saturated heterocycles. The van der Waals surface area contributed by atoms with Gasteiger partial charge in [0.1, 0.15) is 83.5 Å². The number of aliphatic hydroxyl groups is 6. The van der Waals surface area contributed by atoms with E-state index in [0.29, 0.717) is 44.3 Å². The van der Waals surface area contributed by atoms with Crippen LogP contribution in [0.1, 0.15) is 213 Å². The molecule has 7 heterocycles. The molecule has 131 heavy (non-hydrogen) atoms. The van der Waals surface area contributed by atoms with E-state index < -0.39 is 255 Å². The van der Waals surface area contributed by atoms with E-state index in [1.807, 2.05) is 38.1 Å². The highest BCUT2D eigenvalue weighted by Gasteiger charge is 2.53. The number of anilines is 1. The number of unbranched alkanes of at least 4 members (excludes halogenated alkanes) is 6. The number of nitrogens with one attached hydrogen (secondary N) is 9. The molecule has 18 atom stereocenters. The highest BCUT2D eigenvalue weighted by molar-refractivity contribution is 6.32. The van der Waals surface area contributed by atoms with Gasteiger partial charge in [-0.2, -0.15) is 0 Å². The first kappa shape index (κ1) is 99.0. The van der Waals surface area contributed by atoms with Gasteiger partial charge in [0.2, 0.25) is 41.6 Å². The maximum absolute atomic E-state index is 16.6. The Labute approximate surface area is 766 Å². The maximum Gasteiger partial charge on any atom is 0.330 e. The molecule has 3 fully saturated rings. The van der Waals surface area contributed by atoms with Crippen molar-refractivity contribution in [2.45, 2.75) is 260 Å². The fourth-order valence-electron chi connectivity index (χ4n) is 17.1. The Morgan fingerprint density at radius 3 is 1.96 bits per heavy atom. The lowest BCUT2D eigenvalue weighted by atomic mass is 9.84. The number of hydrogen-bond donors (Lipinski definition) is 20. The molecule has 21 N–H and O–H groups in total. The van der Waals surface area contributed by atoms with Gasteiger partial charge in [-0.1, -0.05) is 113 Å². The molecule has 1 saturated carbocycles. The predicted molar refractivity (Wildman–Crippen MR) is 475 cm³/mol. The number of phenols is 3. The minimum atomic E-state index is -2.31. The summed E-state index contributed by atoms with van der Waals surface area (Å²) in [5.41, 5.74) is 3.39. The first-order chi connectivity index (χ1) is 62.4. The molecule has 0 spiro atoms. The zero-order valence-corrected chi connectivity index (χ0v) is 74.9. The number of Topliss-reactive ketones (excluding diaryl/α,β-unsaturated/α-hetero) is 2. The van der Waals surface area contributed by atoms with E-state index in [9.17, 15) is 75.0 Å². The number of aliphatic carboxylic acids is 1. The highest BCUT2D eigenvalue weighted by atomic mass is 35.5. The topological polar surface area (TPSA) is 563 Å². The number of hydrogen-bond acceptors (Lipinski definition) is 26. The summed E-state index contributed by atoms with van der Waals surface area (Å²) in [7, 11) is 0. The number of benzene rings is 6. The van der Waals surface area contributed by atoms with E-state index in [1.165, 1.54) is 50.1 Å². The van der Waals surface area contributed by atoms with Crippen LogP contribution in [0, 0.1) is 17.8 Å². The molecule has 9 amide bonds. The van der Waals surface area contributed by atoms with Gasteiger partial charge in [-0.25, -0.2) is 14.4 Å². The van der Waals surface area contributed by atoms with Gasteiger partial charge in [-0.3, -0.25) is 33.6 Å². The Balaban J connectivity index is 0.962. The number of carboxylic acids is 1. The van der Waals surface area contributed by atoms with Crippen molar-refractivity contribution in [2.24, 2.45) is 23.5 Å². The summed E-state index contributed by atoms with van der Waals surface area (Å²) in [6.45, 7) is 10.0. The van der Waals surface area contributed by atoms with Crippen LogP contribution in [0.2, 0.25) is 10.0 Å². The van der Waals surface area contributed by atoms with Crippen LogP contribution in [0.5, 0.6) is 46.0 Å². The van der Waals surface area contributed by atoms with Gasteiger partial charge in [0.15, 0.2) is 41.5 Å². The monoisotopic (exact) mass is 1860 g/mol.